The number of aryl methyl sites for hydroxylation is 1. The van der Waals surface area contributed by atoms with Gasteiger partial charge in [0.25, 0.3) is 0 Å². The van der Waals surface area contributed by atoms with Gasteiger partial charge >= 0.3 is 0 Å². The number of piperidine rings is 1. The quantitative estimate of drug-likeness (QED) is 0.641. The van der Waals surface area contributed by atoms with Crippen LogP contribution in [0.1, 0.15) is 43.4 Å². The fourth-order valence-electron chi connectivity index (χ4n) is 3.76. The average Bonchev–Trinajstić information content (AvgIpc) is 2.78. The van der Waals surface area contributed by atoms with Gasteiger partial charge in [-0.05, 0) is 62.3 Å². The van der Waals surface area contributed by atoms with Gasteiger partial charge in [0.05, 0.1) is 10.9 Å². The highest BCUT2D eigenvalue weighted by Gasteiger charge is 2.32. The lowest BCUT2D eigenvalue weighted by atomic mass is 9.95. The number of benzene rings is 2. The molecule has 1 heterocycles. The molecule has 0 spiro atoms. The van der Waals surface area contributed by atoms with E-state index < -0.39 is 10.0 Å². The summed E-state index contributed by atoms with van der Waals surface area (Å²) in [5.74, 6) is -0.140. The second kappa shape index (κ2) is 9.98. The van der Waals surface area contributed by atoms with Crippen molar-refractivity contribution in [3.63, 3.8) is 0 Å². The molecule has 5 nitrogen and oxygen atoms in total. The van der Waals surface area contributed by atoms with Gasteiger partial charge in [-0.15, -0.1) is 11.8 Å². The molecule has 1 aliphatic heterocycles. The molecule has 1 N–H and O–H groups in total. The Labute approximate surface area is 184 Å². The van der Waals surface area contributed by atoms with Crippen LogP contribution in [0.4, 0.5) is 0 Å². The van der Waals surface area contributed by atoms with Crippen molar-refractivity contribution in [3.05, 3.63) is 59.7 Å². The monoisotopic (exact) mass is 446 g/mol. The van der Waals surface area contributed by atoms with Gasteiger partial charge in [0, 0.05) is 23.9 Å². The van der Waals surface area contributed by atoms with Crippen LogP contribution in [0, 0.1) is 12.8 Å². The van der Waals surface area contributed by atoms with Crippen molar-refractivity contribution in [3.8, 4) is 0 Å². The third-order valence-electron chi connectivity index (χ3n) is 5.73. The third-order valence-corrected chi connectivity index (χ3v) is 8.38. The summed E-state index contributed by atoms with van der Waals surface area (Å²) < 4.78 is 27.3. The number of hydrogen-bond donors (Lipinski definition) is 1. The summed E-state index contributed by atoms with van der Waals surface area (Å²) in [6.45, 7) is 4.84. The zero-order valence-corrected chi connectivity index (χ0v) is 19.4. The number of carbonyl (C=O) groups is 1. The number of hydrogen-bond acceptors (Lipinski definition) is 4. The first-order valence-electron chi connectivity index (χ1n) is 10.4. The first-order valence-corrected chi connectivity index (χ1v) is 13.0. The Hall–Kier alpha value is -1.83. The van der Waals surface area contributed by atoms with Crippen molar-refractivity contribution < 1.29 is 13.2 Å². The molecule has 30 heavy (non-hydrogen) atoms. The molecule has 7 heteroatoms. The minimum Gasteiger partial charge on any atom is -0.349 e. The molecule has 0 radical (unpaired) electrons. The molecule has 0 saturated carbocycles. The molecule has 0 aliphatic carbocycles. The number of thioether (sulfide) groups is 1. The smallest absolute Gasteiger partial charge is 0.243 e. The number of carbonyl (C=O) groups excluding carboxylic acids is 1. The normalized spacial score (nSPS) is 16.9. The van der Waals surface area contributed by atoms with Crippen molar-refractivity contribution in [1.29, 1.82) is 0 Å². The highest BCUT2D eigenvalue weighted by molar-refractivity contribution is 7.98. The maximum atomic E-state index is 12.9. The van der Waals surface area contributed by atoms with Crippen LogP contribution < -0.4 is 5.32 Å². The molecule has 2 aromatic carbocycles. The Morgan fingerprint density at radius 2 is 1.70 bits per heavy atom. The summed E-state index contributed by atoms with van der Waals surface area (Å²) in [6.07, 6.45) is 3.85. The Morgan fingerprint density at radius 1 is 1.10 bits per heavy atom. The van der Waals surface area contributed by atoms with E-state index in [1.165, 1.54) is 9.87 Å². The van der Waals surface area contributed by atoms with E-state index in [0.29, 0.717) is 30.8 Å². The van der Waals surface area contributed by atoms with Gasteiger partial charge in [0.2, 0.25) is 15.9 Å². The zero-order chi connectivity index (χ0) is 21.7. The Bertz CT molecular complexity index is 949. The van der Waals surface area contributed by atoms with Gasteiger partial charge in [-0.1, -0.05) is 36.8 Å². The van der Waals surface area contributed by atoms with Gasteiger partial charge < -0.3 is 5.32 Å². The van der Waals surface area contributed by atoms with E-state index in [1.807, 2.05) is 25.3 Å². The molecule has 1 aliphatic rings. The van der Waals surface area contributed by atoms with Crippen LogP contribution >= 0.6 is 11.8 Å². The highest BCUT2D eigenvalue weighted by atomic mass is 32.2. The van der Waals surface area contributed by atoms with Gasteiger partial charge in [-0.25, -0.2) is 8.42 Å². The lowest BCUT2D eigenvalue weighted by molar-refractivity contribution is -0.126. The average molecular weight is 447 g/mol. The third kappa shape index (κ3) is 5.25. The number of nitrogens with zero attached hydrogens (tertiary/aromatic N) is 1. The predicted molar refractivity (Wildman–Crippen MR) is 122 cm³/mol. The molecule has 0 aromatic heterocycles. The van der Waals surface area contributed by atoms with E-state index in [0.717, 1.165) is 16.9 Å². The van der Waals surface area contributed by atoms with E-state index in [-0.39, 0.29) is 17.9 Å². The minimum atomic E-state index is -3.52. The van der Waals surface area contributed by atoms with Crippen LogP contribution in [-0.4, -0.2) is 38.0 Å². The molecule has 1 atom stereocenters. The van der Waals surface area contributed by atoms with Crippen molar-refractivity contribution in [2.75, 3.05) is 19.3 Å². The zero-order valence-electron chi connectivity index (χ0n) is 17.8. The second-order valence-corrected chi connectivity index (χ2v) is 10.6. The first kappa shape index (κ1) is 22.8. The summed E-state index contributed by atoms with van der Waals surface area (Å²) in [5, 5.41) is 3.16. The molecule has 1 fully saturated rings. The lowest BCUT2D eigenvalue weighted by Crippen LogP contribution is -2.43. The fraction of sp³-hybridized carbons (Fsp3) is 0.435. The SMILES string of the molecule is CC[C@H](NC(=O)C1CCN(S(=O)(=O)c2ccc(SC)cc2)CC1)c1ccc(C)cc1. The van der Waals surface area contributed by atoms with E-state index in [9.17, 15) is 13.2 Å². The van der Waals surface area contributed by atoms with Crippen LogP contribution in [-0.2, 0) is 14.8 Å². The molecule has 0 unspecified atom stereocenters. The number of rotatable bonds is 7. The van der Waals surface area contributed by atoms with Crippen molar-refractivity contribution in [1.82, 2.24) is 9.62 Å². The maximum absolute atomic E-state index is 12.9. The molecule has 1 saturated heterocycles. The topological polar surface area (TPSA) is 66.5 Å². The van der Waals surface area contributed by atoms with Gasteiger partial charge in [-0.2, -0.15) is 4.31 Å². The minimum absolute atomic E-state index is 0.0174. The summed E-state index contributed by atoms with van der Waals surface area (Å²) >= 11 is 1.58. The van der Waals surface area contributed by atoms with Crippen LogP contribution in [0.5, 0.6) is 0 Å². The standard InChI is InChI=1S/C23H30N2O3S2/c1-4-22(18-7-5-17(2)6-8-18)24-23(26)19-13-15-25(16-14-19)30(27,28)21-11-9-20(29-3)10-12-21/h5-12,19,22H,4,13-16H2,1-3H3,(H,24,26)/t22-/m0/s1. The molecule has 0 bridgehead atoms. The highest BCUT2D eigenvalue weighted by Crippen LogP contribution is 2.26. The van der Waals surface area contributed by atoms with Crippen LogP contribution in [0.2, 0.25) is 0 Å². The van der Waals surface area contributed by atoms with E-state index in [1.54, 1.807) is 23.9 Å². The summed E-state index contributed by atoms with van der Waals surface area (Å²) in [5.41, 5.74) is 2.29. The molecule has 162 valence electrons. The van der Waals surface area contributed by atoms with E-state index in [2.05, 4.69) is 36.5 Å². The molecular formula is C23H30N2O3S2. The number of sulfonamides is 1. The fourth-order valence-corrected chi connectivity index (χ4v) is 5.64. The largest absolute Gasteiger partial charge is 0.349 e. The van der Waals surface area contributed by atoms with Gasteiger partial charge in [0.15, 0.2) is 0 Å². The van der Waals surface area contributed by atoms with Gasteiger partial charge in [0.1, 0.15) is 0 Å². The Morgan fingerprint density at radius 3 is 2.23 bits per heavy atom. The van der Waals surface area contributed by atoms with Crippen LogP contribution in [0.25, 0.3) is 0 Å². The van der Waals surface area contributed by atoms with Crippen molar-refractivity contribution in [2.45, 2.75) is 48.9 Å². The molecule has 1 amide bonds. The molecule has 3 rings (SSSR count). The second-order valence-electron chi connectivity index (χ2n) is 7.73. The van der Waals surface area contributed by atoms with Crippen LogP contribution in [0.3, 0.4) is 0 Å². The van der Waals surface area contributed by atoms with E-state index in [4.69, 9.17) is 0 Å². The van der Waals surface area contributed by atoms with Gasteiger partial charge in [-0.3, -0.25) is 4.79 Å². The van der Waals surface area contributed by atoms with Crippen molar-refractivity contribution in [2.24, 2.45) is 5.92 Å². The predicted octanol–water partition coefficient (Wildman–Crippen LogP) is 4.39. The first-order chi connectivity index (χ1) is 14.3. The summed E-state index contributed by atoms with van der Waals surface area (Å²) in [6, 6.07) is 15.2. The van der Waals surface area contributed by atoms with Crippen LogP contribution in [0.15, 0.2) is 58.3 Å². The molecule has 2 aromatic rings. The number of nitrogens with one attached hydrogen (secondary N) is 1. The maximum Gasteiger partial charge on any atom is 0.243 e. The number of amides is 1. The Balaban J connectivity index is 1.59. The lowest BCUT2D eigenvalue weighted by Gasteiger charge is -2.31. The molecular weight excluding hydrogens is 416 g/mol. The van der Waals surface area contributed by atoms with Crippen molar-refractivity contribution >= 4 is 27.7 Å². The Kier molecular flexibility index (Phi) is 7.60. The van der Waals surface area contributed by atoms with E-state index >= 15 is 0 Å². The summed E-state index contributed by atoms with van der Waals surface area (Å²) in [7, 11) is -3.52. The summed E-state index contributed by atoms with van der Waals surface area (Å²) in [4.78, 5) is 14.2.